The van der Waals surface area contributed by atoms with Crippen molar-refractivity contribution in [2.24, 2.45) is 0 Å². The molecule has 2 aromatic rings. The molecule has 2 aliphatic rings. The molecule has 154 valence electrons. The minimum atomic E-state index is -0.246. The summed E-state index contributed by atoms with van der Waals surface area (Å²) in [6.07, 6.45) is 0.840. The summed E-state index contributed by atoms with van der Waals surface area (Å²) in [5.41, 5.74) is 3.44. The van der Waals surface area contributed by atoms with Crippen LogP contribution in [0.1, 0.15) is 46.5 Å². The van der Waals surface area contributed by atoms with E-state index in [4.69, 9.17) is 4.74 Å². The van der Waals surface area contributed by atoms with Crippen LogP contribution in [0.2, 0.25) is 0 Å². The van der Waals surface area contributed by atoms with Crippen LogP contribution in [0, 0.1) is 0 Å². The van der Waals surface area contributed by atoms with E-state index in [-0.39, 0.29) is 43.0 Å². The number of ketones is 2. The summed E-state index contributed by atoms with van der Waals surface area (Å²) in [6, 6.07) is 10.4. The lowest BCUT2D eigenvalue weighted by Crippen LogP contribution is -2.41. The first-order valence-corrected chi connectivity index (χ1v) is 9.87. The maximum Gasteiger partial charge on any atom is 0.265 e. The van der Waals surface area contributed by atoms with Gasteiger partial charge >= 0.3 is 0 Å². The molecular formula is C23H22N2O5. The van der Waals surface area contributed by atoms with Crippen LogP contribution >= 0.6 is 0 Å². The highest BCUT2D eigenvalue weighted by atomic mass is 16.5. The first kappa shape index (κ1) is 19.8. The van der Waals surface area contributed by atoms with Gasteiger partial charge in [-0.1, -0.05) is 0 Å². The zero-order valence-corrected chi connectivity index (χ0v) is 16.9. The Labute approximate surface area is 174 Å². The highest BCUT2D eigenvalue weighted by Crippen LogP contribution is 2.34. The number of hydrogen-bond donors (Lipinski definition) is 0. The van der Waals surface area contributed by atoms with Crippen LogP contribution in [0.25, 0.3) is 0 Å². The Morgan fingerprint density at radius 1 is 0.967 bits per heavy atom. The number of nitrogens with zero attached hydrogens (tertiary/aromatic N) is 2. The number of fused-ring (bicyclic) bond motifs is 2. The average Bonchev–Trinajstić information content (AvgIpc) is 3.15. The van der Waals surface area contributed by atoms with Gasteiger partial charge in [0.1, 0.15) is 5.75 Å². The van der Waals surface area contributed by atoms with Gasteiger partial charge in [-0.05, 0) is 62.2 Å². The summed E-state index contributed by atoms with van der Waals surface area (Å²) in [7, 11) is 0. The fraction of sp³-hybridized carbons (Fsp3) is 0.304. The molecule has 2 amide bonds. The van der Waals surface area contributed by atoms with E-state index < -0.39 is 0 Å². The van der Waals surface area contributed by atoms with Gasteiger partial charge in [0.25, 0.3) is 5.91 Å². The number of amides is 2. The van der Waals surface area contributed by atoms with E-state index in [9.17, 15) is 19.2 Å². The highest BCUT2D eigenvalue weighted by Gasteiger charge is 2.29. The maximum atomic E-state index is 12.9. The van der Waals surface area contributed by atoms with Crippen molar-refractivity contribution < 1.29 is 23.9 Å². The van der Waals surface area contributed by atoms with E-state index in [1.807, 2.05) is 12.1 Å². The third-order valence-corrected chi connectivity index (χ3v) is 5.54. The van der Waals surface area contributed by atoms with E-state index in [1.54, 1.807) is 29.2 Å². The van der Waals surface area contributed by atoms with E-state index in [0.717, 1.165) is 11.3 Å². The number of ether oxygens (including phenoxy) is 1. The molecule has 0 saturated carbocycles. The van der Waals surface area contributed by atoms with E-state index >= 15 is 0 Å². The number of carbonyl (C=O) groups excluding carboxylic acids is 4. The van der Waals surface area contributed by atoms with Gasteiger partial charge in [-0.25, -0.2) is 0 Å². The first-order chi connectivity index (χ1) is 14.3. The van der Waals surface area contributed by atoms with Gasteiger partial charge in [0.15, 0.2) is 18.2 Å². The molecule has 0 radical (unpaired) electrons. The van der Waals surface area contributed by atoms with E-state index in [2.05, 4.69) is 0 Å². The van der Waals surface area contributed by atoms with Gasteiger partial charge < -0.3 is 14.5 Å². The zero-order chi connectivity index (χ0) is 21.4. The first-order valence-electron chi connectivity index (χ1n) is 9.87. The quantitative estimate of drug-likeness (QED) is 0.713. The van der Waals surface area contributed by atoms with Gasteiger partial charge in [0.2, 0.25) is 5.91 Å². The summed E-state index contributed by atoms with van der Waals surface area (Å²) in [5, 5.41) is 0. The van der Waals surface area contributed by atoms with Crippen LogP contribution in [-0.4, -0.2) is 43.1 Å². The van der Waals surface area contributed by atoms with Gasteiger partial charge in [-0.15, -0.1) is 0 Å². The lowest BCUT2D eigenvalue weighted by atomic mass is 10.1. The molecule has 0 atom stereocenters. The van der Waals surface area contributed by atoms with Crippen LogP contribution in [0.15, 0.2) is 36.4 Å². The van der Waals surface area contributed by atoms with Crippen molar-refractivity contribution in [3.8, 4) is 5.75 Å². The summed E-state index contributed by atoms with van der Waals surface area (Å²) < 4.78 is 5.46. The predicted molar refractivity (Wildman–Crippen MR) is 111 cm³/mol. The molecule has 0 aromatic heterocycles. The lowest BCUT2D eigenvalue weighted by Gasteiger charge is -2.30. The molecule has 7 heteroatoms. The second-order valence-electron chi connectivity index (χ2n) is 7.52. The summed E-state index contributed by atoms with van der Waals surface area (Å²) in [6.45, 7) is 3.64. The number of carbonyl (C=O) groups is 4. The Hall–Kier alpha value is -3.48. The molecule has 0 fully saturated rings. The van der Waals surface area contributed by atoms with Crippen LogP contribution in [-0.2, 0) is 16.0 Å². The second-order valence-corrected chi connectivity index (χ2v) is 7.52. The minimum Gasteiger partial charge on any atom is -0.482 e. The molecule has 30 heavy (non-hydrogen) atoms. The Morgan fingerprint density at radius 2 is 1.67 bits per heavy atom. The third kappa shape index (κ3) is 3.58. The molecule has 0 saturated heterocycles. The largest absolute Gasteiger partial charge is 0.482 e. The predicted octanol–water partition coefficient (Wildman–Crippen LogP) is 2.80. The van der Waals surface area contributed by atoms with Crippen LogP contribution in [0.4, 0.5) is 11.4 Å². The topological polar surface area (TPSA) is 84.0 Å². The van der Waals surface area contributed by atoms with Crippen LogP contribution in [0.3, 0.4) is 0 Å². The molecule has 7 nitrogen and oxygen atoms in total. The molecular weight excluding hydrogens is 384 g/mol. The molecule has 2 aliphatic heterocycles. The molecule has 0 unspecified atom stereocenters. The molecule has 0 N–H and O–H groups in total. The van der Waals surface area contributed by atoms with Crippen molar-refractivity contribution in [3.05, 3.63) is 53.1 Å². The van der Waals surface area contributed by atoms with Crippen molar-refractivity contribution in [2.45, 2.75) is 26.7 Å². The SMILES string of the molecule is CC(=O)c1ccc2c(c1)CCN2C(=O)CCN1C(=O)COc2ccc(C(C)=O)cc21. The molecule has 0 spiro atoms. The number of anilines is 2. The minimum absolute atomic E-state index is 0.00278. The number of hydrogen-bond acceptors (Lipinski definition) is 5. The lowest BCUT2D eigenvalue weighted by molar-refractivity contribution is -0.121. The Morgan fingerprint density at radius 3 is 2.40 bits per heavy atom. The fourth-order valence-corrected chi connectivity index (χ4v) is 3.89. The molecule has 0 bridgehead atoms. The Bertz CT molecular complexity index is 1080. The normalized spacial score (nSPS) is 14.8. The smallest absolute Gasteiger partial charge is 0.265 e. The van der Waals surface area contributed by atoms with Gasteiger partial charge in [-0.3, -0.25) is 19.2 Å². The summed E-state index contributed by atoms with van der Waals surface area (Å²) in [5.74, 6) is 0.0783. The van der Waals surface area contributed by atoms with Crippen LogP contribution in [0.5, 0.6) is 5.75 Å². The summed E-state index contributed by atoms with van der Waals surface area (Å²) >= 11 is 0. The standard InChI is InChI=1S/C23H22N2O5/c1-14(26)16-3-5-19-18(11-16)7-9-24(19)22(28)8-10-25-20-12-17(15(2)27)4-6-21(20)30-13-23(25)29/h3-6,11-12H,7-10,13H2,1-2H3. The molecule has 2 heterocycles. The molecule has 0 aliphatic carbocycles. The van der Waals surface area contributed by atoms with Crippen molar-refractivity contribution in [1.29, 1.82) is 0 Å². The Balaban J connectivity index is 1.50. The number of Topliss-reactive ketones (excluding diaryl/α,β-unsaturated/α-hetero) is 2. The van der Waals surface area contributed by atoms with Crippen molar-refractivity contribution >= 4 is 34.8 Å². The van der Waals surface area contributed by atoms with Gasteiger partial charge in [0, 0.05) is 36.3 Å². The van der Waals surface area contributed by atoms with Crippen molar-refractivity contribution in [2.75, 3.05) is 29.5 Å². The molecule has 4 rings (SSSR count). The van der Waals surface area contributed by atoms with E-state index in [0.29, 0.717) is 35.5 Å². The van der Waals surface area contributed by atoms with Crippen molar-refractivity contribution in [3.63, 3.8) is 0 Å². The fourth-order valence-electron chi connectivity index (χ4n) is 3.89. The average molecular weight is 406 g/mol. The second kappa shape index (κ2) is 7.74. The van der Waals surface area contributed by atoms with Crippen molar-refractivity contribution in [1.82, 2.24) is 0 Å². The van der Waals surface area contributed by atoms with Gasteiger partial charge in [-0.2, -0.15) is 0 Å². The van der Waals surface area contributed by atoms with Crippen LogP contribution < -0.4 is 14.5 Å². The number of benzene rings is 2. The highest BCUT2D eigenvalue weighted by molar-refractivity contribution is 6.03. The number of rotatable bonds is 5. The van der Waals surface area contributed by atoms with E-state index in [1.165, 1.54) is 18.7 Å². The Kier molecular flexibility index (Phi) is 5.11. The maximum absolute atomic E-state index is 12.9. The molecule has 2 aromatic carbocycles. The third-order valence-electron chi connectivity index (χ3n) is 5.54. The van der Waals surface area contributed by atoms with Gasteiger partial charge in [0.05, 0.1) is 5.69 Å². The zero-order valence-electron chi connectivity index (χ0n) is 16.9. The summed E-state index contributed by atoms with van der Waals surface area (Å²) in [4.78, 5) is 51.9. The monoisotopic (exact) mass is 406 g/mol.